The van der Waals surface area contributed by atoms with E-state index in [0.29, 0.717) is 6.42 Å². The van der Waals surface area contributed by atoms with E-state index in [4.69, 9.17) is 0 Å². The highest BCUT2D eigenvalue weighted by Gasteiger charge is 2.11. The van der Waals surface area contributed by atoms with Gasteiger partial charge in [0, 0.05) is 22.5 Å². The number of hydrogen-bond acceptors (Lipinski definition) is 4. The van der Waals surface area contributed by atoms with Crippen molar-refractivity contribution in [2.24, 2.45) is 0 Å². The Morgan fingerprint density at radius 3 is 3.00 bits per heavy atom. The Labute approximate surface area is 94.2 Å². The Balaban J connectivity index is 2.55. The second-order valence-corrected chi connectivity index (χ2v) is 4.83. The molecule has 1 heterocycles. The Morgan fingerprint density at radius 1 is 1.67 bits per heavy atom. The molecule has 1 atom stereocenters. The number of thioether (sulfide) groups is 1. The largest absolute Gasteiger partial charge is 0.469 e. The van der Waals surface area contributed by atoms with Gasteiger partial charge in [-0.1, -0.05) is 6.92 Å². The van der Waals surface area contributed by atoms with Crippen molar-refractivity contribution < 1.29 is 9.53 Å². The summed E-state index contributed by atoms with van der Waals surface area (Å²) < 4.78 is 4.62. The fourth-order valence-electron chi connectivity index (χ4n) is 1.17. The van der Waals surface area contributed by atoms with Gasteiger partial charge in [-0.2, -0.15) is 0 Å². The Kier molecular flexibility index (Phi) is 4.62. The predicted molar refractivity (Wildman–Crippen MR) is 60.9 cm³/mol. The molecule has 0 radical (unpaired) electrons. The van der Waals surface area contributed by atoms with E-state index in [-0.39, 0.29) is 11.2 Å². The molecule has 0 bridgehead atoms. The molecule has 1 aromatic heterocycles. The molecule has 1 rings (SSSR count). The first kappa shape index (κ1) is 12.0. The van der Waals surface area contributed by atoms with Crippen LogP contribution in [0.1, 0.15) is 18.9 Å². The van der Waals surface area contributed by atoms with Crippen LogP contribution in [0.4, 0.5) is 0 Å². The molecule has 1 unspecified atom stereocenters. The molecule has 0 spiro atoms. The molecule has 82 valence electrons. The first-order valence-electron chi connectivity index (χ1n) is 4.77. The van der Waals surface area contributed by atoms with E-state index < -0.39 is 0 Å². The highest BCUT2D eigenvalue weighted by atomic mass is 32.2. The molecule has 4 heteroatoms. The number of esters is 1. The third-order valence-corrected chi connectivity index (χ3v) is 3.26. The molecular formula is C11H15NO2S. The van der Waals surface area contributed by atoms with Gasteiger partial charge in [-0.15, -0.1) is 11.8 Å². The molecular weight excluding hydrogens is 210 g/mol. The number of carbonyl (C=O) groups is 1. The fourth-order valence-corrected chi connectivity index (χ4v) is 2.20. The smallest absolute Gasteiger partial charge is 0.306 e. The van der Waals surface area contributed by atoms with Crippen LogP contribution >= 0.6 is 11.8 Å². The number of methoxy groups -OCH3 is 1. The van der Waals surface area contributed by atoms with E-state index in [0.717, 1.165) is 5.56 Å². The maximum Gasteiger partial charge on any atom is 0.306 e. The molecule has 15 heavy (non-hydrogen) atoms. The number of aryl methyl sites for hydroxylation is 1. The average molecular weight is 225 g/mol. The normalized spacial score (nSPS) is 12.2. The Hall–Kier alpha value is -1.03. The lowest BCUT2D eigenvalue weighted by molar-refractivity contribution is -0.140. The van der Waals surface area contributed by atoms with Crippen molar-refractivity contribution in [1.82, 2.24) is 4.98 Å². The van der Waals surface area contributed by atoms with E-state index in [1.807, 2.05) is 26.1 Å². The second-order valence-electron chi connectivity index (χ2n) is 3.35. The maximum atomic E-state index is 11.0. The Morgan fingerprint density at radius 2 is 2.40 bits per heavy atom. The standard InChI is InChI=1S/C11H15NO2S/c1-8-7-12-5-4-10(8)15-9(2)6-11(13)14-3/h4-5,7,9H,6H2,1-3H3. The lowest BCUT2D eigenvalue weighted by atomic mass is 10.3. The first-order chi connectivity index (χ1) is 7.13. The van der Waals surface area contributed by atoms with Crippen LogP contribution in [0.25, 0.3) is 0 Å². The highest BCUT2D eigenvalue weighted by molar-refractivity contribution is 8.00. The van der Waals surface area contributed by atoms with Gasteiger partial charge in [0.15, 0.2) is 0 Å². The second kappa shape index (κ2) is 5.75. The summed E-state index contributed by atoms with van der Waals surface area (Å²) in [4.78, 5) is 16.2. The van der Waals surface area contributed by atoms with Crippen molar-refractivity contribution in [3.05, 3.63) is 24.0 Å². The lowest BCUT2D eigenvalue weighted by Crippen LogP contribution is -2.08. The summed E-state index contributed by atoms with van der Waals surface area (Å²) >= 11 is 1.67. The summed E-state index contributed by atoms with van der Waals surface area (Å²) in [6.45, 7) is 4.03. The fraction of sp³-hybridized carbons (Fsp3) is 0.455. The van der Waals surface area contributed by atoms with Gasteiger partial charge < -0.3 is 4.74 Å². The van der Waals surface area contributed by atoms with Crippen LogP contribution < -0.4 is 0 Å². The molecule has 0 amide bonds. The quantitative estimate of drug-likeness (QED) is 0.583. The molecule has 0 saturated heterocycles. The monoisotopic (exact) mass is 225 g/mol. The molecule has 3 nitrogen and oxygen atoms in total. The number of nitrogens with zero attached hydrogens (tertiary/aromatic N) is 1. The minimum Gasteiger partial charge on any atom is -0.469 e. The van der Waals surface area contributed by atoms with Gasteiger partial charge in [0.1, 0.15) is 0 Å². The highest BCUT2D eigenvalue weighted by Crippen LogP contribution is 2.27. The number of pyridine rings is 1. The topological polar surface area (TPSA) is 39.2 Å². The van der Waals surface area contributed by atoms with Crippen molar-refractivity contribution in [2.75, 3.05) is 7.11 Å². The molecule has 0 N–H and O–H groups in total. The van der Waals surface area contributed by atoms with Crippen LogP contribution in [0.5, 0.6) is 0 Å². The maximum absolute atomic E-state index is 11.0. The van der Waals surface area contributed by atoms with Crippen molar-refractivity contribution in [2.45, 2.75) is 30.4 Å². The predicted octanol–water partition coefficient (Wildman–Crippen LogP) is 2.43. The molecule has 0 aliphatic rings. The SMILES string of the molecule is COC(=O)CC(C)Sc1ccncc1C. The first-order valence-corrected chi connectivity index (χ1v) is 5.65. The number of rotatable bonds is 4. The summed E-state index contributed by atoms with van der Waals surface area (Å²) in [6, 6.07) is 1.97. The van der Waals surface area contributed by atoms with Crippen LogP contribution in [0.15, 0.2) is 23.4 Å². The average Bonchev–Trinajstić information content (AvgIpc) is 2.21. The third-order valence-electron chi connectivity index (χ3n) is 1.98. The van der Waals surface area contributed by atoms with Crippen LogP contribution in [-0.2, 0) is 9.53 Å². The summed E-state index contributed by atoms with van der Waals surface area (Å²) in [5, 5.41) is 0.221. The summed E-state index contributed by atoms with van der Waals surface area (Å²) in [5.74, 6) is -0.165. The summed E-state index contributed by atoms with van der Waals surface area (Å²) in [5.41, 5.74) is 1.14. The number of aromatic nitrogens is 1. The van der Waals surface area contributed by atoms with E-state index in [9.17, 15) is 4.79 Å². The minimum atomic E-state index is -0.165. The number of hydrogen-bond donors (Lipinski definition) is 0. The van der Waals surface area contributed by atoms with Crippen LogP contribution in [0, 0.1) is 6.92 Å². The van der Waals surface area contributed by atoms with Crippen LogP contribution in [-0.4, -0.2) is 23.3 Å². The van der Waals surface area contributed by atoms with Gasteiger partial charge >= 0.3 is 5.97 Å². The van der Waals surface area contributed by atoms with Gasteiger partial charge in [0.05, 0.1) is 13.5 Å². The van der Waals surface area contributed by atoms with E-state index >= 15 is 0 Å². The summed E-state index contributed by atoms with van der Waals surface area (Å²) in [6.07, 6.45) is 4.02. The molecule has 0 aliphatic carbocycles. The van der Waals surface area contributed by atoms with E-state index in [2.05, 4.69) is 9.72 Å². The van der Waals surface area contributed by atoms with E-state index in [1.165, 1.54) is 12.0 Å². The van der Waals surface area contributed by atoms with Gasteiger partial charge in [-0.25, -0.2) is 0 Å². The summed E-state index contributed by atoms with van der Waals surface area (Å²) in [7, 11) is 1.41. The minimum absolute atomic E-state index is 0.165. The molecule has 1 aromatic rings. The van der Waals surface area contributed by atoms with Crippen molar-refractivity contribution in [3.8, 4) is 0 Å². The van der Waals surface area contributed by atoms with E-state index in [1.54, 1.807) is 18.0 Å². The van der Waals surface area contributed by atoms with Crippen molar-refractivity contribution >= 4 is 17.7 Å². The Bertz CT molecular complexity index is 341. The van der Waals surface area contributed by atoms with Crippen molar-refractivity contribution in [1.29, 1.82) is 0 Å². The van der Waals surface area contributed by atoms with Gasteiger partial charge in [-0.05, 0) is 18.6 Å². The number of ether oxygens (including phenoxy) is 1. The lowest BCUT2D eigenvalue weighted by Gasteiger charge is -2.10. The molecule has 0 saturated carbocycles. The van der Waals surface area contributed by atoms with Gasteiger partial charge in [-0.3, -0.25) is 9.78 Å². The zero-order valence-electron chi connectivity index (χ0n) is 9.19. The van der Waals surface area contributed by atoms with Gasteiger partial charge in [0.2, 0.25) is 0 Å². The van der Waals surface area contributed by atoms with Crippen molar-refractivity contribution in [3.63, 3.8) is 0 Å². The van der Waals surface area contributed by atoms with Crippen LogP contribution in [0.2, 0.25) is 0 Å². The molecule has 0 aliphatic heterocycles. The zero-order chi connectivity index (χ0) is 11.3. The molecule has 0 aromatic carbocycles. The van der Waals surface area contributed by atoms with Gasteiger partial charge in [0.25, 0.3) is 0 Å². The number of carbonyl (C=O) groups excluding carboxylic acids is 1. The molecule has 0 fully saturated rings. The zero-order valence-corrected chi connectivity index (χ0v) is 10.0. The van der Waals surface area contributed by atoms with Crippen LogP contribution in [0.3, 0.4) is 0 Å². The third kappa shape index (κ3) is 3.91.